The second-order valence-corrected chi connectivity index (χ2v) is 5.52. The maximum absolute atomic E-state index is 5.69. The molecule has 0 aliphatic rings. The molecule has 1 aromatic carbocycles. The Balaban J connectivity index is 2.37. The number of H-pyrrole nitrogens is 1. The Morgan fingerprint density at radius 3 is 2.89 bits per heavy atom. The number of nitrogens with two attached hydrogens (primary N) is 1. The Morgan fingerprint density at radius 1 is 1.44 bits per heavy atom. The lowest BCUT2D eigenvalue weighted by Crippen LogP contribution is -1.97. The normalized spacial score (nSPS) is 12.1. The average Bonchev–Trinajstić information content (AvgIpc) is 2.85. The summed E-state index contributed by atoms with van der Waals surface area (Å²) >= 11 is 3.59. The molecular weight excluding hydrogens is 292 g/mol. The van der Waals surface area contributed by atoms with E-state index >= 15 is 0 Å². The zero-order valence-corrected chi connectivity index (χ0v) is 12.0. The van der Waals surface area contributed by atoms with Crippen molar-refractivity contribution in [3.63, 3.8) is 0 Å². The van der Waals surface area contributed by atoms with Crippen molar-refractivity contribution in [3.8, 4) is 0 Å². The van der Waals surface area contributed by atoms with Crippen LogP contribution in [0.2, 0.25) is 0 Å². The number of halogens is 1. The number of hydrogen-bond donors (Lipinski definition) is 2. The fourth-order valence-corrected chi connectivity index (χ4v) is 2.81. The third-order valence-corrected chi connectivity index (χ3v) is 4.09. The summed E-state index contributed by atoms with van der Waals surface area (Å²) in [6.45, 7) is 4.85. The van der Waals surface area contributed by atoms with E-state index in [0.29, 0.717) is 12.5 Å². The molecule has 2 aromatic heterocycles. The summed E-state index contributed by atoms with van der Waals surface area (Å²) in [5.74, 6) is 1.34. The number of imidazole rings is 2. The first-order chi connectivity index (χ1) is 8.61. The Kier molecular flexibility index (Phi) is 2.68. The predicted octanol–water partition coefficient (Wildman–Crippen LogP) is 3.16. The fraction of sp³-hybridized carbons (Fsp3) is 0.308. The van der Waals surface area contributed by atoms with Crippen LogP contribution in [0.3, 0.4) is 0 Å². The smallest absolute Gasteiger partial charge is 0.213 e. The Hall–Kier alpha value is -1.33. The highest BCUT2D eigenvalue weighted by Gasteiger charge is 2.14. The molecule has 2 heterocycles. The number of nitrogens with zero attached hydrogens (tertiary/aromatic N) is 2. The molecule has 0 aliphatic carbocycles. The number of hydrogen-bond acceptors (Lipinski definition) is 2. The van der Waals surface area contributed by atoms with Crippen LogP contribution in [-0.4, -0.2) is 14.4 Å². The van der Waals surface area contributed by atoms with Gasteiger partial charge < -0.3 is 10.7 Å². The molecular formula is C13H15BrN4. The topological polar surface area (TPSA) is 59.1 Å². The van der Waals surface area contributed by atoms with Crippen molar-refractivity contribution in [1.82, 2.24) is 14.4 Å². The number of benzene rings is 1. The molecule has 3 rings (SSSR count). The maximum Gasteiger partial charge on any atom is 0.213 e. The average molecular weight is 307 g/mol. The standard InChI is InChI=1S/C13H15BrN4/c1-7(2)8-3-4-9-11(5-8)18-12(14)10(6-15)17-13(18)16-9/h3-5,7H,6,15H2,1-2H3,(H,16,17). The van der Waals surface area contributed by atoms with Crippen LogP contribution in [0.1, 0.15) is 31.0 Å². The molecule has 4 nitrogen and oxygen atoms in total. The van der Waals surface area contributed by atoms with Crippen molar-refractivity contribution in [1.29, 1.82) is 0 Å². The molecule has 0 bridgehead atoms. The first kappa shape index (κ1) is 11.7. The van der Waals surface area contributed by atoms with Gasteiger partial charge in [-0.3, -0.25) is 4.40 Å². The van der Waals surface area contributed by atoms with Gasteiger partial charge in [-0.2, -0.15) is 0 Å². The third kappa shape index (κ3) is 1.58. The van der Waals surface area contributed by atoms with Gasteiger partial charge in [0, 0.05) is 6.54 Å². The van der Waals surface area contributed by atoms with Gasteiger partial charge >= 0.3 is 0 Å². The molecule has 18 heavy (non-hydrogen) atoms. The van der Waals surface area contributed by atoms with Crippen LogP contribution in [0.5, 0.6) is 0 Å². The van der Waals surface area contributed by atoms with Crippen LogP contribution in [-0.2, 0) is 6.54 Å². The largest absolute Gasteiger partial charge is 0.325 e. The zero-order valence-electron chi connectivity index (χ0n) is 10.4. The fourth-order valence-electron chi connectivity index (χ4n) is 2.19. The van der Waals surface area contributed by atoms with Crippen molar-refractivity contribution >= 4 is 32.7 Å². The second-order valence-electron chi connectivity index (χ2n) is 4.77. The molecule has 5 heteroatoms. The van der Waals surface area contributed by atoms with E-state index in [-0.39, 0.29) is 0 Å². The van der Waals surface area contributed by atoms with Gasteiger partial charge in [-0.25, -0.2) is 4.98 Å². The van der Waals surface area contributed by atoms with Crippen molar-refractivity contribution in [2.24, 2.45) is 5.73 Å². The van der Waals surface area contributed by atoms with E-state index in [2.05, 4.69) is 62.3 Å². The number of aromatic nitrogens is 3. The van der Waals surface area contributed by atoms with E-state index in [1.54, 1.807) is 0 Å². The minimum absolute atomic E-state index is 0.468. The van der Waals surface area contributed by atoms with Gasteiger partial charge in [0.05, 0.1) is 16.7 Å². The summed E-state index contributed by atoms with van der Waals surface area (Å²) in [7, 11) is 0. The zero-order chi connectivity index (χ0) is 12.9. The highest BCUT2D eigenvalue weighted by Crippen LogP contribution is 2.27. The van der Waals surface area contributed by atoms with E-state index in [1.807, 2.05) is 0 Å². The first-order valence-electron chi connectivity index (χ1n) is 6.00. The summed E-state index contributed by atoms with van der Waals surface area (Å²) in [5.41, 5.74) is 10.1. The van der Waals surface area contributed by atoms with E-state index in [1.165, 1.54) is 5.56 Å². The van der Waals surface area contributed by atoms with E-state index in [4.69, 9.17) is 5.73 Å². The molecule has 3 N–H and O–H groups in total. The summed E-state index contributed by atoms with van der Waals surface area (Å²) < 4.78 is 3.03. The molecule has 0 radical (unpaired) electrons. The Labute approximate surface area is 113 Å². The molecule has 94 valence electrons. The van der Waals surface area contributed by atoms with Gasteiger partial charge in [0.25, 0.3) is 0 Å². The molecule has 0 saturated heterocycles. The SMILES string of the molecule is CC(C)c1ccc2nc3[nH]c(CN)c(Br)n3c2c1. The summed E-state index contributed by atoms with van der Waals surface area (Å²) in [5, 5.41) is 0. The Bertz CT molecular complexity index is 723. The quantitative estimate of drug-likeness (QED) is 0.764. The minimum atomic E-state index is 0.468. The lowest BCUT2D eigenvalue weighted by atomic mass is 10.0. The summed E-state index contributed by atoms with van der Waals surface area (Å²) in [4.78, 5) is 7.80. The monoisotopic (exact) mass is 306 g/mol. The van der Waals surface area contributed by atoms with Gasteiger partial charge in [-0.15, -0.1) is 0 Å². The van der Waals surface area contributed by atoms with Crippen molar-refractivity contribution in [3.05, 3.63) is 34.1 Å². The van der Waals surface area contributed by atoms with Crippen molar-refractivity contribution in [2.75, 3.05) is 0 Å². The van der Waals surface area contributed by atoms with Crippen LogP contribution < -0.4 is 5.73 Å². The number of nitrogens with one attached hydrogen (secondary N) is 1. The maximum atomic E-state index is 5.69. The molecule has 0 amide bonds. The van der Waals surface area contributed by atoms with Crippen LogP contribution in [0, 0.1) is 0 Å². The summed E-state index contributed by atoms with van der Waals surface area (Å²) in [6.07, 6.45) is 0. The Morgan fingerprint density at radius 2 is 2.22 bits per heavy atom. The molecule has 0 aliphatic heterocycles. The third-order valence-electron chi connectivity index (χ3n) is 3.26. The molecule has 0 spiro atoms. The highest BCUT2D eigenvalue weighted by atomic mass is 79.9. The van der Waals surface area contributed by atoms with E-state index in [9.17, 15) is 0 Å². The van der Waals surface area contributed by atoms with Gasteiger partial charge in [-0.1, -0.05) is 19.9 Å². The second kappa shape index (κ2) is 4.10. The molecule has 0 saturated carbocycles. The first-order valence-corrected chi connectivity index (χ1v) is 6.79. The summed E-state index contributed by atoms with van der Waals surface area (Å²) in [6, 6.07) is 6.40. The molecule has 0 unspecified atom stereocenters. The molecule has 0 atom stereocenters. The molecule has 3 aromatic rings. The van der Waals surface area contributed by atoms with Crippen LogP contribution >= 0.6 is 15.9 Å². The van der Waals surface area contributed by atoms with Gasteiger partial charge in [0.2, 0.25) is 5.78 Å². The molecule has 0 fully saturated rings. The lowest BCUT2D eigenvalue weighted by molar-refractivity contribution is 0.868. The van der Waals surface area contributed by atoms with Gasteiger partial charge in [0.1, 0.15) is 4.60 Å². The lowest BCUT2D eigenvalue weighted by Gasteiger charge is -2.04. The van der Waals surface area contributed by atoms with Crippen LogP contribution in [0.25, 0.3) is 16.8 Å². The van der Waals surface area contributed by atoms with Crippen molar-refractivity contribution < 1.29 is 0 Å². The number of fused-ring (bicyclic) bond motifs is 3. The van der Waals surface area contributed by atoms with Crippen LogP contribution in [0.15, 0.2) is 22.8 Å². The minimum Gasteiger partial charge on any atom is -0.325 e. The predicted molar refractivity (Wildman–Crippen MR) is 76.7 cm³/mol. The van der Waals surface area contributed by atoms with E-state index in [0.717, 1.165) is 27.1 Å². The van der Waals surface area contributed by atoms with Gasteiger partial charge in [0.15, 0.2) is 0 Å². The van der Waals surface area contributed by atoms with E-state index < -0.39 is 0 Å². The van der Waals surface area contributed by atoms with Crippen molar-refractivity contribution in [2.45, 2.75) is 26.3 Å². The number of aromatic amines is 1. The number of rotatable bonds is 2. The van der Waals surface area contributed by atoms with Crippen LogP contribution in [0.4, 0.5) is 0 Å². The van der Waals surface area contributed by atoms with Gasteiger partial charge in [-0.05, 0) is 39.5 Å². The highest BCUT2D eigenvalue weighted by molar-refractivity contribution is 9.10.